The summed E-state index contributed by atoms with van der Waals surface area (Å²) in [7, 11) is -3.19. The Morgan fingerprint density at radius 1 is 1.40 bits per heavy atom. The van der Waals surface area contributed by atoms with Crippen LogP contribution in [0.4, 0.5) is 0 Å². The molecule has 0 saturated carbocycles. The highest BCUT2D eigenvalue weighted by atomic mass is 32.2. The molecule has 0 aromatic rings. The molecule has 1 saturated heterocycles. The summed E-state index contributed by atoms with van der Waals surface area (Å²) in [4.78, 5) is 23.8. The lowest BCUT2D eigenvalue weighted by atomic mass is 10.2. The molecule has 6 nitrogen and oxygen atoms in total. The van der Waals surface area contributed by atoms with Gasteiger partial charge in [-0.15, -0.1) is 0 Å². The van der Waals surface area contributed by atoms with E-state index < -0.39 is 15.9 Å². The number of piperazine rings is 1. The standard InChI is InChI=1S/C8H10N2O4S/c11-7-4-10(8(12)3-9-7)6-1-2-15(13,14)5-6/h1-2,6H,3-5H2,(H,9,11). The van der Waals surface area contributed by atoms with Gasteiger partial charge in [0.2, 0.25) is 11.8 Å². The second-order valence-corrected chi connectivity index (χ2v) is 5.45. The van der Waals surface area contributed by atoms with Crippen LogP contribution >= 0.6 is 0 Å². The van der Waals surface area contributed by atoms with Crippen molar-refractivity contribution in [3.8, 4) is 0 Å². The van der Waals surface area contributed by atoms with Crippen LogP contribution in [0.25, 0.3) is 0 Å². The molecule has 2 rings (SSSR count). The SMILES string of the molecule is O=C1CN(C2C=CS(=O)(=O)C2)C(=O)CN1. The van der Waals surface area contributed by atoms with Crippen molar-refractivity contribution in [2.45, 2.75) is 6.04 Å². The number of rotatable bonds is 1. The van der Waals surface area contributed by atoms with E-state index in [2.05, 4.69) is 5.32 Å². The number of hydrogen-bond acceptors (Lipinski definition) is 4. The molecule has 2 heterocycles. The Hall–Kier alpha value is -1.37. The van der Waals surface area contributed by atoms with Crippen LogP contribution < -0.4 is 5.32 Å². The van der Waals surface area contributed by atoms with E-state index in [-0.39, 0.29) is 30.7 Å². The monoisotopic (exact) mass is 230 g/mol. The van der Waals surface area contributed by atoms with Gasteiger partial charge in [-0.05, 0) is 6.08 Å². The molecule has 82 valence electrons. The van der Waals surface area contributed by atoms with E-state index in [0.29, 0.717) is 0 Å². The van der Waals surface area contributed by atoms with Gasteiger partial charge < -0.3 is 10.2 Å². The van der Waals surface area contributed by atoms with E-state index in [1.807, 2.05) is 0 Å². The molecule has 0 radical (unpaired) electrons. The third-order valence-corrected chi connectivity index (χ3v) is 3.76. The normalized spacial score (nSPS) is 29.3. The lowest BCUT2D eigenvalue weighted by Gasteiger charge is -2.30. The molecule has 0 bridgehead atoms. The zero-order chi connectivity index (χ0) is 11.1. The van der Waals surface area contributed by atoms with Crippen LogP contribution in [-0.2, 0) is 19.4 Å². The van der Waals surface area contributed by atoms with Crippen molar-refractivity contribution < 1.29 is 18.0 Å². The van der Waals surface area contributed by atoms with Crippen LogP contribution in [0.3, 0.4) is 0 Å². The number of nitrogens with one attached hydrogen (secondary N) is 1. The van der Waals surface area contributed by atoms with E-state index in [4.69, 9.17) is 0 Å². The highest BCUT2D eigenvalue weighted by Gasteiger charge is 2.33. The summed E-state index contributed by atoms with van der Waals surface area (Å²) in [5, 5.41) is 3.50. The number of hydrogen-bond donors (Lipinski definition) is 1. The maximum atomic E-state index is 11.4. The second kappa shape index (κ2) is 3.34. The second-order valence-electron chi connectivity index (χ2n) is 3.52. The average Bonchev–Trinajstić information content (AvgIpc) is 2.50. The summed E-state index contributed by atoms with van der Waals surface area (Å²) in [5.74, 6) is -0.625. The molecule has 15 heavy (non-hydrogen) atoms. The predicted octanol–water partition coefficient (Wildman–Crippen LogP) is -1.74. The van der Waals surface area contributed by atoms with Crippen molar-refractivity contribution in [1.82, 2.24) is 10.2 Å². The Kier molecular flexibility index (Phi) is 2.26. The van der Waals surface area contributed by atoms with Crippen molar-refractivity contribution in [3.63, 3.8) is 0 Å². The Bertz CT molecular complexity index is 440. The highest BCUT2D eigenvalue weighted by molar-refractivity contribution is 7.94. The first kappa shape index (κ1) is 10.2. The molecule has 0 aromatic carbocycles. The maximum Gasteiger partial charge on any atom is 0.242 e. The largest absolute Gasteiger partial charge is 0.345 e. The quantitative estimate of drug-likeness (QED) is 0.579. The highest BCUT2D eigenvalue weighted by Crippen LogP contribution is 2.15. The Labute approximate surface area is 86.9 Å². The van der Waals surface area contributed by atoms with E-state index in [0.717, 1.165) is 5.41 Å². The fourth-order valence-corrected chi connectivity index (χ4v) is 2.93. The van der Waals surface area contributed by atoms with Crippen molar-refractivity contribution in [3.05, 3.63) is 11.5 Å². The first-order valence-corrected chi connectivity index (χ1v) is 6.16. The summed E-state index contributed by atoms with van der Waals surface area (Å²) in [6, 6.07) is -0.492. The minimum atomic E-state index is -3.19. The van der Waals surface area contributed by atoms with Gasteiger partial charge in [0.05, 0.1) is 18.3 Å². The fraction of sp³-hybridized carbons (Fsp3) is 0.500. The van der Waals surface area contributed by atoms with Crippen molar-refractivity contribution in [1.29, 1.82) is 0 Å². The lowest BCUT2D eigenvalue weighted by molar-refractivity contribution is -0.141. The average molecular weight is 230 g/mol. The number of carbonyl (C=O) groups is 2. The Balaban J connectivity index is 2.14. The first-order valence-electron chi connectivity index (χ1n) is 4.45. The van der Waals surface area contributed by atoms with Crippen molar-refractivity contribution in [2.24, 2.45) is 0 Å². The molecular weight excluding hydrogens is 220 g/mol. The summed E-state index contributed by atoms with van der Waals surface area (Å²) in [6.07, 6.45) is 1.45. The minimum absolute atomic E-state index is 0.0524. The van der Waals surface area contributed by atoms with Gasteiger partial charge in [-0.25, -0.2) is 8.42 Å². The molecule has 7 heteroatoms. The van der Waals surface area contributed by atoms with Crippen LogP contribution in [0, 0.1) is 0 Å². The van der Waals surface area contributed by atoms with Crippen LogP contribution in [0.2, 0.25) is 0 Å². The number of nitrogens with zero attached hydrogens (tertiary/aromatic N) is 1. The molecule has 2 aliphatic rings. The smallest absolute Gasteiger partial charge is 0.242 e. The summed E-state index contributed by atoms with van der Waals surface area (Å²) in [6.45, 7) is -0.118. The molecule has 0 aromatic heterocycles. The first-order chi connectivity index (χ1) is 6.98. The van der Waals surface area contributed by atoms with Crippen molar-refractivity contribution >= 4 is 21.7 Å². The van der Waals surface area contributed by atoms with Gasteiger partial charge in [0.25, 0.3) is 0 Å². The zero-order valence-corrected chi connectivity index (χ0v) is 8.66. The van der Waals surface area contributed by atoms with Gasteiger partial charge in [-0.3, -0.25) is 9.59 Å². The molecular formula is C8H10N2O4S. The lowest BCUT2D eigenvalue weighted by Crippen LogP contribution is -2.55. The van der Waals surface area contributed by atoms with E-state index in [9.17, 15) is 18.0 Å². The molecule has 1 N–H and O–H groups in total. The molecule has 0 aliphatic carbocycles. The number of amides is 2. The third kappa shape index (κ3) is 2.01. The van der Waals surface area contributed by atoms with Crippen LogP contribution in [0.5, 0.6) is 0 Å². The summed E-state index contributed by atoms with van der Waals surface area (Å²) < 4.78 is 22.3. The molecule has 2 aliphatic heterocycles. The van der Waals surface area contributed by atoms with Gasteiger partial charge in [-0.2, -0.15) is 0 Å². The van der Waals surface area contributed by atoms with Gasteiger partial charge in [0.1, 0.15) is 6.54 Å². The van der Waals surface area contributed by atoms with Gasteiger partial charge in [0.15, 0.2) is 9.84 Å². The summed E-state index contributed by atoms with van der Waals surface area (Å²) in [5.41, 5.74) is 0. The maximum absolute atomic E-state index is 11.4. The Morgan fingerprint density at radius 2 is 2.13 bits per heavy atom. The van der Waals surface area contributed by atoms with E-state index in [1.54, 1.807) is 0 Å². The van der Waals surface area contributed by atoms with Crippen LogP contribution in [0.1, 0.15) is 0 Å². The fourth-order valence-electron chi connectivity index (χ4n) is 1.63. The van der Waals surface area contributed by atoms with Gasteiger partial charge in [-0.1, -0.05) is 0 Å². The van der Waals surface area contributed by atoms with Crippen LogP contribution in [-0.4, -0.2) is 50.0 Å². The number of sulfone groups is 1. The zero-order valence-electron chi connectivity index (χ0n) is 7.84. The van der Waals surface area contributed by atoms with Gasteiger partial charge in [0, 0.05) is 5.41 Å². The summed E-state index contributed by atoms with van der Waals surface area (Å²) >= 11 is 0. The molecule has 1 fully saturated rings. The molecule has 0 spiro atoms. The minimum Gasteiger partial charge on any atom is -0.345 e. The topological polar surface area (TPSA) is 83.6 Å². The third-order valence-electron chi connectivity index (χ3n) is 2.38. The van der Waals surface area contributed by atoms with E-state index in [1.165, 1.54) is 11.0 Å². The van der Waals surface area contributed by atoms with E-state index >= 15 is 0 Å². The molecule has 1 unspecified atom stereocenters. The van der Waals surface area contributed by atoms with Crippen LogP contribution in [0.15, 0.2) is 11.5 Å². The number of carbonyl (C=O) groups excluding carboxylic acids is 2. The molecule has 1 atom stereocenters. The predicted molar refractivity (Wildman–Crippen MR) is 51.4 cm³/mol. The molecule has 2 amide bonds. The Morgan fingerprint density at radius 3 is 2.73 bits per heavy atom. The van der Waals surface area contributed by atoms with Crippen molar-refractivity contribution in [2.75, 3.05) is 18.8 Å². The van der Waals surface area contributed by atoms with Gasteiger partial charge >= 0.3 is 0 Å².